The van der Waals surface area contributed by atoms with Crippen LogP contribution in [0.25, 0.3) is 0 Å². The number of aliphatic hydroxyl groups excluding tert-OH is 1. The molecule has 302 valence electrons. The van der Waals surface area contributed by atoms with Crippen LogP contribution >= 0.6 is 0 Å². The number of carbonyl (C=O) groups is 3. The molecule has 10 heteroatoms. The largest absolute Gasteiger partial charge is 0.462 e. The van der Waals surface area contributed by atoms with E-state index in [-0.39, 0.29) is 37.3 Å². The van der Waals surface area contributed by atoms with Gasteiger partial charge in [-0.2, -0.15) is 0 Å². The zero-order chi connectivity index (χ0) is 38.1. The van der Waals surface area contributed by atoms with E-state index in [2.05, 4.69) is 24.2 Å². The van der Waals surface area contributed by atoms with Gasteiger partial charge in [0, 0.05) is 38.5 Å². The molecule has 1 heterocycles. The van der Waals surface area contributed by atoms with Crippen LogP contribution in [0, 0.1) is 0 Å². The lowest BCUT2D eigenvalue weighted by molar-refractivity contribution is -0.160. The van der Waals surface area contributed by atoms with Crippen molar-refractivity contribution in [1.29, 1.82) is 0 Å². The van der Waals surface area contributed by atoms with Gasteiger partial charge in [0.2, 0.25) is 0 Å². The number of Topliss-reactive ketones (excluding diaryl/α,β-unsaturated/α-hetero) is 1. The summed E-state index contributed by atoms with van der Waals surface area (Å²) < 4.78 is 18.5. The lowest BCUT2D eigenvalue weighted by Gasteiger charge is -2.18. The van der Waals surface area contributed by atoms with Crippen LogP contribution in [0.5, 0.6) is 0 Å². The molecule has 0 amide bonds. The zero-order valence-electron chi connectivity index (χ0n) is 33.8. The molecular weight excluding hydrogens is 658 g/mol. The van der Waals surface area contributed by atoms with Gasteiger partial charge in [0.15, 0.2) is 11.9 Å². The van der Waals surface area contributed by atoms with Crippen molar-refractivity contribution >= 4 is 17.7 Å². The highest BCUT2D eigenvalue weighted by Gasteiger charge is 2.20. The van der Waals surface area contributed by atoms with Gasteiger partial charge in [-0.3, -0.25) is 14.4 Å². The second kappa shape index (κ2) is 33.3. The van der Waals surface area contributed by atoms with Crippen molar-refractivity contribution in [2.45, 2.75) is 226 Å². The highest BCUT2D eigenvalue weighted by Crippen LogP contribution is 2.15. The van der Waals surface area contributed by atoms with E-state index < -0.39 is 18.3 Å². The minimum atomic E-state index is -0.681. The molecule has 0 aliphatic rings. The normalized spacial score (nSPS) is 13.2. The molecule has 3 atom stereocenters. The first-order valence-corrected chi connectivity index (χ1v) is 21.3. The number of carbonyl (C=O) groups excluding carboxylic acids is 3. The molecule has 1 N–H and O–H groups in total. The minimum Gasteiger partial charge on any atom is -0.462 e. The van der Waals surface area contributed by atoms with Crippen LogP contribution in [-0.4, -0.2) is 69.3 Å². The summed E-state index contributed by atoms with van der Waals surface area (Å²) in [4.78, 5) is 37.9. The fourth-order valence-corrected chi connectivity index (χ4v) is 6.21. The van der Waals surface area contributed by atoms with Gasteiger partial charge in [-0.25, -0.2) is 4.68 Å². The average molecular weight is 736 g/mol. The Labute approximate surface area is 316 Å². The molecule has 0 saturated carbocycles. The van der Waals surface area contributed by atoms with Gasteiger partial charge in [-0.15, -0.1) is 5.10 Å². The van der Waals surface area contributed by atoms with Gasteiger partial charge in [-0.1, -0.05) is 147 Å². The van der Waals surface area contributed by atoms with Crippen LogP contribution in [0.3, 0.4) is 0 Å². The number of aryl methyl sites for hydroxylation is 1. The Morgan fingerprint density at radius 2 is 1.17 bits per heavy atom. The first kappa shape index (κ1) is 47.7. The molecular formula is C42H77N3O7. The van der Waals surface area contributed by atoms with E-state index in [0.717, 1.165) is 38.5 Å². The van der Waals surface area contributed by atoms with Gasteiger partial charge in [0.1, 0.15) is 12.7 Å². The minimum absolute atomic E-state index is 0.0319. The van der Waals surface area contributed by atoms with Crippen LogP contribution in [0.4, 0.5) is 0 Å². The van der Waals surface area contributed by atoms with Crippen molar-refractivity contribution in [1.82, 2.24) is 15.0 Å². The first-order chi connectivity index (χ1) is 25.2. The molecule has 0 saturated heterocycles. The molecule has 0 fully saturated rings. The van der Waals surface area contributed by atoms with Crippen LogP contribution in [-0.2, 0) is 41.6 Å². The Bertz CT molecular complexity index is 1020. The molecule has 52 heavy (non-hydrogen) atoms. The molecule has 0 aliphatic carbocycles. The van der Waals surface area contributed by atoms with Gasteiger partial charge >= 0.3 is 11.9 Å². The fourth-order valence-electron chi connectivity index (χ4n) is 6.21. The lowest BCUT2D eigenvalue weighted by atomic mass is 10.1. The number of ether oxygens (including phenoxy) is 3. The third-order valence-electron chi connectivity index (χ3n) is 9.66. The van der Waals surface area contributed by atoms with E-state index in [0.29, 0.717) is 38.0 Å². The number of aromatic nitrogens is 3. The molecule has 3 unspecified atom stereocenters. The molecule has 1 rings (SSSR count). The summed E-state index contributed by atoms with van der Waals surface area (Å²) in [5.41, 5.74) is 0.643. The zero-order valence-corrected chi connectivity index (χ0v) is 33.8. The molecule has 0 aliphatic heterocycles. The SMILES string of the molecule is CCCCCCCCCCCCCC(=O)OCC(Cn1cc(CCC(=O)C(C)OCCC(C)O)nn1)OC(=O)CCCCCCCCCCCCC. The quantitative estimate of drug-likeness (QED) is 0.0524. The summed E-state index contributed by atoms with van der Waals surface area (Å²) in [5, 5.41) is 17.8. The number of hydrogen-bond donors (Lipinski definition) is 1. The molecule has 0 radical (unpaired) electrons. The number of ketones is 1. The van der Waals surface area contributed by atoms with E-state index in [9.17, 15) is 19.5 Å². The maximum Gasteiger partial charge on any atom is 0.306 e. The third kappa shape index (κ3) is 28.2. The Morgan fingerprint density at radius 1 is 0.692 bits per heavy atom. The Hall–Kier alpha value is -2.33. The molecule has 1 aromatic heterocycles. The summed E-state index contributed by atoms with van der Waals surface area (Å²) in [6, 6.07) is 0. The lowest BCUT2D eigenvalue weighted by Crippen LogP contribution is -2.30. The Balaban J connectivity index is 2.49. The number of nitrogens with zero attached hydrogens (tertiary/aromatic N) is 3. The average Bonchev–Trinajstić information content (AvgIpc) is 3.57. The van der Waals surface area contributed by atoms with E-state index in [4.69, 9.17) is 14.2 Å². The van der Waals surface area contributed by atoms with Crippen molar-refractivity contribution in [2.75, 3.05) is 13.2 Å². The van der Waals surface area contributed by atoms with Gasteiger partial charge < -0.3 is 19.3 Å². The molecule has 0 aromatic carbocycles. The topological polar surface area (TPSA) is 130 Å². The fraction of sp³-hybridized carbons (Fsp3) is 0.881. The third-order valence-corrected chi connectivity index (χ3v) is 9.66. The van der Waals surface area contributed by atoms with Gasteiger partial charge in [0.05, 0.1) is 18.3 Å². The maximum atomic E-state index is 12.8. The number of unbranched alkanes of at least 4 members (excludes halogenated alkanes) is 20. The maximum absolute atomic E-state index is 12.8. The molecule has 0 spiro atoms. The predicted octanol–water partition coefficient (Wildman–Crippen LogP) is 9.81. The van der Waals surface area contributed by atoms with Crippen molar-refractivity contribution in [3.8, 4) is 0 Å². The Kier molecular flexibility index (Phi) is 30.5. The highest BCUT2D eigenvalue weighted by molar-refractivity contribution is 5.82. The van der Waals surface area contributed by atoms with Crippen molar-refractivity contribution in [3.05, 3.63) is 11.9 Å². The summed E-state index contributed by atoms with van der Waals surface area (Å²) in [6.45, 7) is 8.39. The molecule has 10 nitrogen and oxygen atoms in total. The summed E-state index contributed by atoms with van der Waals surface area (Å²) in [7, 11) is 0. The van der Waals surface area contributed by atoms with Crippen LogP contribution in [0.1, 0.15) is 200 Å². The monoisotopic (exact) mass is 736 g/mol. The molecule has 1 aromatic rings. The summed E-state index contributed by atoms with van der Waals surface area (Å²) >= 11 is 0. The van der Waals surface area contributed by atoms with E-state index in [1.165, 1.54) is 103 Å². The van der Waals surface area contributed by atoms with Crippen molar-refractivity contribution < 1.29 is 33.7 Å². The smallest absolute Gasteiger partial charge is 0.306 e. The first-order valence-electron chi connectivity index (χ1n) is 21.3. The van der Waals surface area contributed by atoms with E-state index >= 15 is 0 Å². The van der Waals surface area contributed by atoms with Crippen molar-refractivity contribution in [3.63, 3.8) is 0 Å². The van der Waals surface area contributed by atoms with Gasteiger partial charge in [-0.05, 0) is 33.1 Å². The summed E-state index contributed by atoms with van der Waals surface area (Å²) in [6.07, 6.45) is 28.5. The number of hydrogen-bond acceptors (Lipinski definition) is 9. The van der Waals surface area contributed by atoms with Crippen molar-refractivity contribution in [2.24, 2.45) is 0 Å². The summed E-state index contributed by atoms with van der Waals surface area (Å²) in [5.74, 6) is -0.609. The number of esters is 2. The highest BCUT2D eigenvalue weighted by atomic mass is 16.6. The number of rotatable bonds is 37. The Morgan fingerprint density at radius 3 is 1.67 bits per heavy atom. The standard InChI is InChI=1S/C42H77N3O7/c1-5-7-9-11-13-15-17-19-21-23-25-27-41(48)51-35-39(52-42(49)28-26-24-22-20-18-16-14-12-10-8-6-2)34-45-33-38(43-44-45)29-30-40(47)37(4)50-32-31-36(3)46/h33,36-37,39,46H,5-32,34-35H2,1-4H3. The van der Waals surface area contributed by atoms with Crippen LogP contribution in [0.15, 0.2) is 6.20 Å². The van der Waals surface area contributed by atoms with Crippen LogP contribution in [0.2, 0.25) is 0 Å². The van der Waals surface area contributed by atoms with E-state index in [1.807, 2.05) is 0 Å². The molecule has 0 bridgehead atoms. The van der Waals surface area contributed by atoms with E-state index in [1.54, 1.807) is 24.7 Å². The number of aliphatic hydroxyl groups is 1. The predicted molar refractivity (Wildman–Crippen MR) is 208 cm³/mol. The second-order valence-corrected chi connectivity index (χ2v) is 14.9. The van der Waals surface area contributed by atoms with Crippen LogP contribution < -0.4 is 0 Å². The second-order valence-electron chi connectivity index (χ2n) is 14.9. The van der Waals surface area contributed by atoms with Gasteiger partial charge in [0.25, 0.3) is 0 Å².